The Balaban J connectivity index is 2.49. The van der Waals surface area contributed by atoms with Crippen LogP contribution in [0.25, 0.3) is 0 Å². The van der Waals surface area contributed by atoms with E-state index in [1.54, 1.807) is 0 Å². The minimum atomic E-state index is 0.0469. The molecule has 1 saturated heterocycles. The van der Waals surface area contributed by atoms with E-state index < -0.39 is 0 Å². The van der Waals surface area contributed by atoms with Crippen LogP contribution in [0.2, 0.25) is 0 Å². The molecule has 0 amide bonds. The van der Waals surface area contributed by atoms with Crippen LogP contribution in [0.5, 0.6) is 0 Å². The molecule has 2 heterocycles. The highest BCUT2D eigenvalue weighted by Crippen LogP contribution is 2.44. The van der Waals surface area contributed by atoms with Gasteiger partial charge in [0.05, 0.1) is 5.54 Å². The molecule has 0 aliphatic carbocycles. The van der Waals surface area contributed by atoms with Gasteiger partial charge in [0.1, 0.15) is 5.82 Å². The monoisotopic (exact) mass is 207 g/mol. The summed E-state index contributed by atoms with van der Waals surface area (Å²) in [7, 11) is 2.08. The average molecular weight is 207 g/mol. The molecule has 1 fully saturated rings. The van der Waals surface area contributed by atoms with Crippen LogP contribution in [-0.4, -0.2) is 16.1 Å². The van der Waals surface area contributed by atoms with E-state index in [-0.39, 0.29) is 11.0 Å². The molecule has 1 unspecified atom stereocenters. The quantitative estimate of drug-likeness (QED) is 0.763. The minimum Gasteiger partial charge on any atom is -0.336 e. The molecular formula is C12H21N3. The van der Waals surface area contributed by atoms with Crippen molar-refractivity contribution in [3.05, 3.63) is 18.2 Å². The Kier molecular flexibility index (Phi) is 2.38. The zero-order valence-electron chi connectivity index (χ0n) is 10.2. The number of aryl methyl sites for hydroxylation is 1. The molecule has 3 nitrogen and oxygen atoms in total. The van der Waals surface area contributed by atoms with Crippen molar-refractivity contribution in [2.45, 2.75) is 39.2 Å². The third kappa shape index (κ3) is 1.49. The number of hydrogen-bond donors (Lipinski definition) is 1. The van der Waals surface area contributed by atoms with Crippen LogP contribution >= 0.6 is 0 Å². The molecule has 0 saturated carbocycles. The highest BCUT2D eigenvalue weighted by molar-refractivity contribution is 5.16. The smallest absolute Gasteiger partial charge is 0.129 e. The van der Waals surface area contributed by atoms with Gasteiger partial charge in [0.15, 0.2) is 0 Å². The summed E-state index contributed by atoms with van der Waals surface area (Å²) >= 11 is 0. The van der Waals surface area contributed by atoms with Gasteiger partial charge in [-0.25, -0.2) is 4.98 Å². The summed E-state index contributed by atoms with van der Waals surface area (Å²) in [6, 6.07) is 0. The number of hydrogen-bond acceptors (Lipinski definition) is 2. The van der Waals surface area contributed by atoms with Crippen molar-refractivity contribution in [1.82, 2.24) is 14.9 Å². The van der Waals surface area contributed by atoms with Gasteiger partial charge < -0.3 is 9.88 Å². The first-order valence-electron chi connectivity index (χ1n) is 5.70. The maximum Gasteiger partial charge on any atom is 0.129 e. The molecule has 1 aromatic rings. The van der Waals surface area contributed by atoms with Crippen molar-refractivity contribution in [3.8, 4) is 0 Å². The summed E-state index contributed by atoms with van der Waals surface area (Å²) in [5.41, 5.74) is 0.244. The average Bonchev–Trinajstić information content (AvgIpc) is 2.70. The minimum absolute atomic E-state index is 0.0469. The van der Waals surface area contributed by atoms with Crippen LogP contribution in [0.1, 0.15) is 39.4 Å². The molecular weight excluding hydrogens is 186 g/mol. The fourth-order valence-corrected chi connectivity index (χ4v) is 2.69. The summed E-state index contributed by atoms with van der Waals surface area (Å²) < 4.78 is 2.14. The Morgan fingerprint density at radius 1 is 1.47 bits per heavy atom. The maximum atomic E-state index is 4.54. The van der Waals surface area contributed by atoms with Crippen LogP contribution in [0.15, 0.2) is 12.4 Å². The molecule has 3 heteroatoms. The second-order valence-corrected chi connectivity index (χ2v) is 5.55. The van der Waals surface area contributed by atoms with E-state index >= 15 is 0 Å². The van der Waals surface area contributed by atoms with Crippen molar-refractivity contribution in [1.29, 1.82) is 0 Å². The van der Waals surface area contributed by atoms with E-state index in [1.165, 1.54) is 18.7 Å². The van der Waals surface area contributed by atoms with Crippen LogP contribution < -0.4 is 5.32 Å². The molecule has 0 bridgehead atoms. The van der Waals surface area contributed by atoms with E-state index in [4.69, 9.17) is 0 Å². The van der Waals surface area contributed by atoms with Gasteiger partial charge in [0, 0.05) is 19.4 Å². The molecule has 1 N–H and O–H groups in total. The van der Waals surface area contributed by atoms with E-state index in [0.717, 1.165) is 6.54 Å². The molecule has 15 heavy (non-hydrogen) atoms. The molecule has 1 aliphatic rings. The second-order valence-electron chi connectivity index (χ2n) is 5.55. The van der Waals surface area contributed by atoms with Gasteiger partial charge in [-0.3, -0.25) is 0 Å². The highest BCUT2D eigenvalue weighted by Gasteiger charge is 2.47. The van der Waals surface area contributed by atoms with E-state index in [9.17, 15) is 0 Å². The van der Waals surface area contributed by atoms with Crippen LogP contribution in [0.4, 0.5) is 0 Å². The Bertz CT molecular complexity index is 340. The number of imidazole rings is 1. The van der Waals surface area contributed by atoms with Gasteiger partial charge in [-0.1, -0.05) is 20.8 Å². The molecule has 1 aromatic heterocycles. The first-order valence-corrected chi connectivity index (χ1v) is 5.70. The van der Waals surface area contributed by atoms with Gasteiger partial charge in [-0.15, -0.1) is 0 Å². The number of nitrogens with one attached hydrogen (secondary N) is 1. The highest BCUT2D eigenvalue weighted by atomic mass is 15.1. The zero-order chi connectivity index (χ0) is 11.1. The SMILES string of the molecule is Cn1ccnc1C1(C(C)(C)C)CCCN1. The van der Waals surface area contributed by atoms with Crippen molar-refractivity contribution < 1.29 is 0 Å². The summed E-state index contributed by atoms with van der Waals surface area (Å²) in [5, 5.41) is 3.67. The largest absolute Gasteiger partial charge is 0.336 e. The van der Waals surface area contributed by atoms with Gasteiger partial charge in [-0.05, 0) is 24.8 Å². The van der Waals surface area contributed by atoms with Crippen LogP contribution in [0.3, 0.4) is 0 Å². The normalized spacial score (nSPS) is 27.2. The molecule has 0 spiro atoms. The fourth-order valence-electron chi connectivity index (χ4n) is 2.69. The van der Waals surface area contributed by atoms with E-state index in [1.807, 2.05) is 12.4 Å². The molecule has 1 aliphatic heterocycles. The third-order valence-electron chi connectivity index (χ3n) is 3.64. The summed E-state index contributed by atoms with van der Waals surface area (Å²) in [4.78, 5) is 4.54. The lowest BCUT2D eigenvalue weighted by Gasteiger charge is -2.41. The van der Waals surface area contributed by atoms with Gasteiger partial charge in [0.2, 0.25) is 0 Å². The molecule has 1 atom stereocenters. The first kappa shape index (κ1) is 10.7. The van der Waals surface area contributed by atoms with E-state index in [2.05, 4.69) is 42.7 Å². The van der Waals surface area contributed by atoms with Crippen molar-refractivity contribution >= 4 is 0 Å². The maximum absolute atomic E-state index is 4.54. The predicted molar refractivity (Wildman–Crippen MR) is 61.6 cm³/mol. The van der Waals surface area contributed by atoms with Crippen LogP contribution in [-0.2, 0) is 12.6 Å². The third-order valence-corrected chi connectivity index (χ3v) is 3.64. The molecule has 0 aromatic carbocycles. The van der Waals surface area contributed by atoms with Gasteiger partial charge in [-0.2, -0.15) is 0 Å². The molecule has 84 valence electrons. The summed E-state index contributed by atoms with van der Waals surface area (Å²) in [6.07, 6.45) is 6.34. The Hall–Kier alpha value is -0.830. The van der Waals surface area contributed by atoms with Crippen LogP contribution in [0, 0.1) is 5.41 Å². The van der Waals surface area contributed by atoms with Crippen molar-refractivity contribution in [2.24, 2.45) is 12.5 Å². The Labute approximate surface area is 91.9 Å². The fraction of sp³-hybridized carbons (Fsp3) is 0.750. The second kappa shape index (κ2) is 3.34. The number of aromatic nitrogens is 2. The summed E-state index contributed by atoms with van der Waals surface area (Å²) in [6.45, 7) is 7.98. The Morgan fingerprint density at radius 3 is 2.60 bits per heavy atom. The number of nitrogens with zero attached hydrogens (tertiary/aromatic N) is 2. The van der Waals surface area contributed by atoms with Gasteiger partial charge >= 0.3 is 0 Å². The lowest BCUT2D eigenvalue weighted by Crippen LogP contribution is -2.49. The lowest BCUT2D eigenvalue weighted by molar-refractivity contribution is 0.146. The standard InChI is InChI=1S/C12H21N3/c1-11(2,3)12(6-5-7-14-12)10-13-8-9-15(10)4/h8-9,14H,5-7H2,1-4H3. The van der Waals surface area contributed by atoms with E-state index in [0.29, 0.717) is 0 Å². The molecule has 2 rings (SSSR count). The predicted octanol–water partition coefficient (Wildman–Crippen LogP) is 2.04. The van der Waals surface area contributed by atoms with Gasteiger partial charge in [0.25, 0.3) is 0 Å². The van der Waals surface area contributed by atoms with Crippen molar-refractivity contribution in [3.63, 3.8) is 0 Å². The lowest BCUT2D eigenvalue weighted by atomic mass is 9.72. The number of rotatable bonds is 1. The Morgan fingerprint density at radius 2 is 2.20 bits per heavy atom. The van der Waals surface area contributed by atoms with Crippen molar-refractivity contribution in [2.75, 3.05) is 6.54 Å². The zero-order valence-corrected chi connectivity index (χ0v) is 10.2. The molecule has 0 radical (unpaired) electrons. The summed E-state index contributed by atoms with van der Waals surface area (Å²) in [5.74, 6) is 1.17. The first-order chi connectivity index (χ1) is 6.97. The topological polar surface area (TPSA) is 29.9 Å².